The predicted octanol–water partition coefficient (Wildman–Crippen LogP) is 2.37. The van der Waals surface area contributed by atoms with Gasteiger partial charge in [0.15, 0.2) is 5.96 Å². The van der Waals surface area contributed by atoms with Gasteiger partial charge in [-0.2, -0.15) is 13.2 Å². The molecule has 0 atom stereocenters. The Balaban J connectivity index is 1.65. The highest BCUT2D eigenvalue weighted by Crippen LogP contribution is 2.24. The van der Waals surface area contributed by atoms with Crippen molar-refractivity contribution in [1.29, 1.82) is 0 Å². The predicted molar refractivity (Wildman–Crippen MR) is 82.0 cm³/mol. The normalized spacial score (nSPS) is 21.9. The van der Waals surface area contributed by atoms with Gasteiger partial charge in [-0.15, -0.1) is 0 Å². The monoisotopic (exact) mass is 320 g/mol. The molecular weight excluding hydrogens is 293 g/mol. The maximum absolute atomic E-state index is 12.3. The third-order valence-electron chi connectivity index (χ3n) is 4.18. The molecule has 22 heavy (non-hydrogen) atoms. The molecule has 1 saturated heterocycles. The summed E-state index contributed by atoms with van der Waals surface area (Å²) in [4.78, 5) is 6.08. The van der Waals surface area contributed by atoms with Gasteiger partial charge in [-0.3, -0.25) is 9.89 Å². The fourth-order valence-electron chi connectivity index (χ4n) is 2.79. The third-order valence-corrected chi connectivity index (χ3v) is 4.18. The SMILES string of the molecule is CCNC(=NCCC1CCN(CC(F)(F)F)CC1)NC1CC1. The Bertz CT molecular complexity index is 358. The Kier molecular flexibility index (Phi) is 6.35. The Morgan fingerprint density at radius 2 is 1.86 bits per heavy atom. The summed E-state index contributed by atoms with van der Waals surface area (Å²) in [6, 6.07) is 0.573. The van der Waals surface area contributed by atoms with E-state index in [1.807, 2.05) is 6.92 Å². The zero-order valence-electron chi connectivity index (χ0n) is 13.3. The van der Waals surface area contributed by atoms with E-state index in [-0.39, 0.29) is 0 Å². The van der Waals surface area contributed by atoms with E-state index >= 15 is 0 Å². The summed E-state index contributed by atoms with van der Waals surface area (Å²) in [5, 5.41) is 6.60. The van der Waals surface area contributed by atoms with E-state index in [0.29, 0.717) is 25.0 Å². The molecule has 0 radical (unpaired) electrons. The number of alkyl halides is 3. The topological polar surface area (TPSA) is 39.7 Å². The number of hydrogen-bond acceptors (Lipinski definition) is 2. The van der Waals surface area contributed by atoms with E-state index in [2.05, 4.69) is 15.6 Å². The average Bonchev–Trinajstić information content (AvgIpc) is 3.23. The Hall–Kier alpha value is -0.980. The van der Waals surface area contributed by atoms with Crippen LogP contribution in [0.3, 0.4) is 0 Å². The van der Waals surface area contributed by atoms with Crippen LogP contribution in [0, 0.1) is 5.92 Å². The molecule has 1 heterocycles. The van der Waals surface area contributed by atoms with Crippen molar-refractivity contribution in [3.8, 4) is 0 Å². The third kappa shape index (κ3) is 6.85. The van der Waals surface area contributed by atoms with Gasteiger partial charge in [-0.25, -0.2) is 0 Å². The quantitative estimate of drug-likeness (QED) is 0.583. The maximum Gasteiger partial charge on any atom is 0.401 e. The molecule has 2 fully saturated rings. The van der Waals surface area contributed by atoms with Crippen molar-refractivity contribution in [3.63, 3.8) is 0 Å². The molecule has 4 nitrogen and oxygen atoms in total. The van der Waals surface area contributed by atoms with Crippen LogP contribution in [0.5, 0.6) is 0 Å². The standard InChI is InChI=1S/C15H27F3N4/c1-2-19-14(21-13-3-4-13)20-8-5-12-6-9-22(10-7-12)11-15(16,17)18/h12-13H,2-11H2,1H3,(H2,19,20,21). The summed E-state index contributed by atoms with van der Waals surface area (Å²) in [7, 11) is 0. The largest absolute Gasteiger partial charge is 0.401 e. The van der Waals surface area contributed by atoms with Crippen molar-refractivity contribution >= 4 is 5.96 Å². The molecular formula is C15H27F3N4. The van der Waals surface area contributed by atoms with E-state index < -0.39 is 12.7 Å². The number of hydrogen-bond donors (Lipinski definition) is 2. The zero-order chi connectivity index (χ0) is 16.0. The molecule has 1 aliphatic carbocycles. The van der Waals surface area contributed by atoms with Crippen molar-refractivity contribution in [3.05, 3.63) is 0 Å². The minimum atomic E-state index is -4.08. The van der Waals surface area contributed by atoms with Crippen molar-refractivity contribution in [2.75, 3.05) is 32.7 Å². The molecule has 0 aromatic heterocycles. The minimum absolute atomic E-state index is 0.497. The van der Waals surface area contributed by atoms with Crippen molar-refractivity contribution in [2.45, 2.75) is 51.2 Å². The van der Waals surface area contributed by atoms with Gasteiger partial charge in [0, 0.05) is 19.1 Å². The number of nitrogens with zero attached hydrogens (tertiary/aromatic N) is 2. The van der Waals surface area contributed by atoms with Crippen LogP contribution in [-0.4, -0.2) is 55.8 Å². The van der Waals surface area contributed by atoms with E-state index in [1.54, 1.807) is 0 Å². The highest BCUT2D eigenvalue weighted by Gasteiger charge is 2.32. The number of halogens is 3. The summed E-state index contributed by atoms with van der Waals surface area (Å²) in [6.07, 6.45) is 0.994. The fraction of sp³-hybridized carbons (Fsp3) is 0.933. The number of rotatable bonds is 6. The summed E-state index contributed by atoms with van der Waals surface area (Å²) in [5.41, 5.74) is 0. The molecule has 0 unspecified atom stereocenters. The summed E-state index contributed by atoms with van der Waals surface area (Å²) in [5.74, 6) is 1.37. The molecule has 0 spiro atoms. The Morgan fingerprint density at radius 1 is 1.18 bits per heavy atom. The highest BCUT2D eigenvalue weighted by atomic mass is 19.4. The molecule has 2 rings (SSSR count). The first-order valence-electron chi connectivity index (χ1n) is 8.30. The second-order valence-electron chi connectivity index (χ2n) is 6.30. The van der Waals surface area contributed by atoms with E-state index in [9.17, 15) is 13.2 Å². The average molecular weight is 320 g/mol. The molecule has 1 saturated carbocycles. The van der Waals surface area contributed by atoms with Crippen LogP contribution < -0.4 is 10.6 Å². The van der Waals surface area contributed by atoms with Crippen molar-refractivity contribution < 1.29 is 13.2 Å². The molecule has 0 aromatic carbocycles. The first-order valence-corrected chi connectivity index (χ1v) is 8.30. The number of aliphatic imine (C=N–C) groups is 1. The minimum Gasteiger partial charge on any atom is -0.357 e. The van der Waals surface area contributed by atoms with Crippen LogP contribution in [0.25, 0.3) is 0 Å². The van der Waals surface area contributed by atoms with Crippen molar-refractivity contribution in [2.24, 2.45) is 10.9 Å². The second-order valence-corrected chi connectivity index (χ2v) is 6.30. The zero-order valence-corrected chi connectivity index (χ0v) is 13.3. The van der Waals surface area contributed by atoms with Gasteiger partial charge >= 0.3 is 6.18 Å². The molecule has 7 heteroatoms. The molecule has 0 amide bonds. The van der Waals surface area contributed by atoms with Crippen LogP contribution in [0.2, 0.25) is 0 Å². The van der Waals surface area contributed by atoms with Crippen molar-refractivity contribution in [1.82, 2.24) is 15.5 Å². The van der Waals surface area contributed by atoms with Gasteiger partial charge < -0.3 is 10.6 Å². The van der Waals surface area contributed by atoms with Gasteiger partial charge in [-0.05, 0) is 58.0 Å². The number of guanidine groups is 1. The maximum atomic E-state index is 12.3. The summed E-state index contributed by atoms with van der Waals surface area (Å²) in [6.45, 7) is 3.96. The molecule has 1 aliphatic heterocycles. The van der Waals surface area contributed by atoms with E-state index in [1.165, 1.54) is 17.7 Å². The number of nitrogens with one attached hydrogen (secondary N) is 2. The summed E-state index contributed by atoms with van der Waals surface area (Å²) >= 11 is 0. The molecule has 0 bridgehead atoms. The Labute approximate surface area is 130 Å². The molecule has 128 valence electrons. The van der Waals surface area contributed by atoms with Gasteiger partial charge in [0.1, 0.15) is 0 Å². The lowest BCUT2D eigenvalue weighted by Gasteiger charge is -2.32. The first-order chi connectivity index (χ1) is 10.5. The highest BCUT2D eigenvalue weighted by molar-refractivity contribution is 5.80. The van der Waals surface area contributed by atoms with E-state index in [0.717, 1.165) is 38.3 Å². The van der Waals surface area contributed by atoms with Gasteiger partial charge in [0.25, 0.3) is 0 Å². The number of piperidine rings is 1. The first kappa shape index (κ1) is 17.4. The van der Waals surface area contributed by atoms with Crippen LogP contribution in [0.1, 0.15) is 39.0 Å². The van der Waals surface area contributed by atoms with Crippen LogP contribution in [0.15, 0.2) is 4.99 Å². The van der Waals surface area contributed by atoms with Crippen LogP contribution in [0.4, 0.5) is 13.2 Å². The molecule has 2 aliphatic rings. The smallest absolute Gasteiger partial charge is 0.357 e. The second kappa shape index (κ2) is 8.04. The van der Waals surface area contributed by atoms with Crippen LogP contribution >= 0.6 is 0 Å². The Morgan fingerprint density at radius 3 is 2.41 bits per heavy atom. The lowest BCUT2D eigenvalue weighted by molar-refractivity contribution is -0.148. The lowest BCUT2D eigenvalue weighted by atomic mass is 9.93. The van der Waals surface area contributed by atoms with Gasteiger partial charge in [0.05, 0.1) is 6.54 Å². The fourth-order valence-corrected chi connectivity index (χ4v) is 2.79. The lowest BCUT2D eigenvalue weighted by Crippen LogP contribution is -2.40. The number of likely N-dealkylation sites (tertiary alicyclic amines) is 1. The molecule has 2 N–H and O–H groups in total. The summed E-state index contributed by atoms with van der Waals surface area (Å²) < 4.78 is 37.0. The van der Waals surface area contributed by atoms with Gasteiger partial charge in [-0.1, -0.05) is 0 Å². The van der Waals surface area contributed by atoms with Crippen LogP contribution in [-0.2, 0) is 0 Å². The van der Waals surface area contributed by atoms with Gasteiger partial charge in [0.2, 0.25) is 0 Å². The van der Waals surface area contributed by atoms with E-state index in [4.69, 9.17) is 0 Å². The molecule has 0 aromatic rings.